The number of ether oxygens (including phenoxy) is 1. The van der Waals surface area contributed by atoms with E-state index in [1.807, 2.05) is 7.05 Å². The average molecular weight is 294 g/mol. The van der Waals surface area contributed by atoms with Gasteiger partial charge in [-0.25, -0.2) is 4.98 Å². The normalized spacial score (nSPS) is 12.7. The highest BCUT2D eigenvalue weighted by Gasteiger charge is 2.19. The van der Waals surface area contributed by atoms with Crippen LogP contribution in [0.1, 0.15) is 18.7 Å². The Labute approximate surface area is 124 Å². The molecule has 1 atom stereocenters. The Bertz CT molecular complexity index is 584. The topological polar surface area (TPSA) is 50.3 Å². The van der Waals surface area contributed by atoms with Crippen LogP contribution in [-0.4, -0.2) is 43.3 Å². The highest BCUT2D eigenvalue weighted by atomic mass is 32.1. The zero-order valence-electron chi connectivity index (χ0n) is 12.7. The van der Waals surface area contributed by atoms with Crippen molar-refractivity contribution in [1.82, 2.24) is 9.97 Å². The molecule has 20 heavy (non-hydrogen) atoms. The van der Waals surface area contributed by atoms with Crippen LogP contribution in [0.15, 0.2) is 6.07 Å². The third-order valence-corrected chi connectivity index (χ3v) is 4.22. The van der Waals surface area contributed by atoms with Crippen molar-refractivity contribution in [2.75, 3.05) is 37.5 Å². The minimum absolute atomic E-state index is 0.271. The number of nitrogens with one attached hydrogen (secondary N) is 1. The molecule has 5 nitrogen and oxygen atoms in total. The molecule has 0 spiro atoms. The summed E-state index contributed by atoms with van der Waals surface area (Å²) in [7, 11) is 3.58. The van der Waals surface area contributed by atoms with E-state index in [1.54, 1.807) is 18.4 Å². The number of rotatable bonds is 6. The van der Waals surface area contributed by atoms with Crippen LogP contribution in [0, 0.1) is 6.92 Å². The molecule has 0 aliphatic heterocycles. The Hall–Kier alpha value is -1.40. The molecule has 1 unspecified atom stereocenters. The number of hydrogen-bond acceptors (Lipinski definition) is 6. The van der Waals surface area contributed by atoms with Crippen molar-refractivity contribution in [3.05, 3.63) is 10.9 Å². The van der Waals surface area contributed by atoms with Crippen LogP contribution in [0.5, 0.6) is 0 Å². The van der Waals surface area contributed by atoms with Gasteiger partial charge in [-0.2, -0.15) is 4.98 Å². The van der Waals surface area contributed by atoms with Gasteiger partial charge in [0.15, 0.2) is 0 Å². The maximum absolute atomic E-state index is 5.28. The van der Waals surface area contributed by atoms with Gasteiger partial charge in [-0.15, -0.1) is 11.3 Å². The van der Waals surface area contributed by atoms with E-state index in [0.29, 0.717) is 12.6 Å². The van der Waals surface area contributed by atoms with E-state index < -0.39 is 0 Å². The summed E-state index contributed by atoms with van der Waals surface area (Å²) in [5, 5.41) is 4.17. The van der Waals surface area contributed by atoms with Gasteiger partial charge in [-0.3, -0.25) is 0 Å². The minimum Gasteiger partial charge on any atom is -0.383 e. The van der Waals surface area contributed by atoms with Gasteiger partial charge in [0.2, 0.25) is 5.95 Å². The number of hydrogen-bond donors (Lipinski definition) is 1. The number of anilines is 2. The van der Waals surface area contributed by atoms with Gasteiger partial charge >= 0.3 is 0 Å². The lowest BCUT2D eigenvalue weighted by atomic mass is 10.2. The van der Waals surface area contributed by atoms with E-state index in [1.165, 1.54) is 4.88 Å². The van der Waals surface area contributed by atoms with E-state index >= 15 is 0 Å². The second-order valence-corrected chi connectivity index (χ2v) is 6.02. The molecule has 0 fully saturated rings. The lowest BCUT2D eigenvalue weighted by Gasteiger charge is -2.29. The minimum atomic E-state index is 0.271. The van der Waals surface area contributed by atoms with E-state index in [2.05, 4.69) is 47.0 Å². The maximum Gasteiger partial charge on any atom is 0.225 e. The molecule has 0 aliphatic rings. The molecular weight excluding hydrogens is 272 g/mol. The van der Waals surface area contributed by atoms with Crippen LogP contribution in [0.2, 0.25) is 0 Å². The lowest BCUT2D eigenvalue weighted by Crippen LogP contribution is -2.37. The molecule has 2 heterocycles. The molecule has 0 aliphatic carbocycles. The molecule has 2 rings (SSSR count). The number of likely N-dealkylation sites (N-methyl/N-ethyl adjacent to an activating group) is 1. The third-order valence-electron chi connectivity index (χ3n) is 3.27. The first-order valence-electron chi connectivity index (χ1n) is 6.82. The third kappa shape index (κ3) is 2.86. The maximum atomic E-state index is 5.28. The summed E-state index contributed by atoms with van der Waals surface area (Å²) >= 11 is 1.70. The standard InChI is InChI=1S/C14H22N4OS/c1-6-18(9(2)8-19-5)12-11-7-10(3)20-13(11)17-14(15-4)16-12/h7,9H,6,8H2,1-5H3,(H,15,16,17). The average Bonchev–Trinajstić information content (AvgIpc) is 2.80. The van der Waals surface area contributed by atoms with Gasteiger partial charge in [0.1, 0.15) is 10.6 Å². The molecule has 0 saturated heterocycles. The van der Waals surface area contributed by atoms with Crippen molar-refractivity contribution in [1.29, 1.82) is 0 Å². The van der Waals surface area contributed by atoms with E-state index in [4.69, 9.17) is 4.74 Å². The van der Waals surface area contributed by atoms with E-state index in [0.717, 1.165) is 22.6 Å². The Morgan fingerprint density at radius 1 is 1.45 bits per heavy atom. The predicted octanol–water partition coefficient (Wildman–Crippen LogP) is 2.90. The molecular formula is C14H22N4OS. The van der Waals surface area contributed by atoms with Crippen LogP contribution in [0.3, 0.4) is 0 Å². The molecule has 0 radical (unpaired) electrons. The highest BCUT2D eigenvalue weighted by molar-refractivity contribution is 7.18. The molecule has 0 amide bonds. The fourth-order valence-corrected chi connectivity index (χ4v) is 3.23. The van der Waals surface area contributed by atoms with Gasteiger partial charge in [0, 0.05) is 25.6 Å². The summed E-state index contributed by atoms with van der Waals surface area (Å²) in [6.45, 7) is 7.95. The van der Waals surface area contributed by atoms with Crippen molar-refractivity contribution in [2.45, 2.75) is 26.8 Å². The fourth-order valence-electron chi connectivity index (χ4n) is 2.36. The molecule has 6 heteroatoms. The number of thiophene rings is 1. The van der Waals surface area contributed by atoms with Crippen LogP contribution in [0.4, 0.5) is 11.8 Å². The first-order chi connectivity index (χ1) is 9.60. The summed E-state index contributed by atoms with van der Waals surface area (Å²) in [6.07, 6.45) is 0. The molecule has 2 aromatic rings. The molecule has 110 valence electrons. The Morgan fingerprint density at radius 3 is 2.80 bits per heavy atom. The Morgan fingerprint density at radius 2 is 2.20 bits per heavy atom. The summed E-state index contributed by atoms with van der Waals surface area (Å²) in [4.78, 5) is 13.7. The molecule has 0 saturated carbocycles. The summed E-state index contributed by atoms with van der Waals surface area (Å²) < 4.78 is 5.28. The van der Waals surface area contributed by atoms with Crippen molar-refractivity contribution in [2.24, 2.45) is 0 Å². The van der Waals surface area contributed by atoms with Gasteiger partial charge in [-0.1, -0.05) is 0 Å². The SMILES string of the molecule is CCN(c1nc(NC)nc2sc(C)cc12)C(C)COC. The fraction of sp³-hybridized carbons (Fsp3) is 0.571. The van der Waals surface area contributed by atoms with Gasteiger partial charge in [-0.05, 0) is 26.8 Å². The van der Waals surface area contributed by atoms with Crippen molar-refractivity contribution < 1.29 is 4.74 Å². The summed E-state index contributed by atoms with van der Waals surface area (Å²) in [5.74, 6) is 1.65. The highest BCUT2D eigenvalue weighted by Crippen LogP contribution is 2.32. The first-order valence-corrected chi connectivity index (χ1v) is 7.63. The summed E-state index contributed by atoms with van der Waals surface area (Å²) in [6, 6.07) is 2.43. The monoisotopic (exact) mass is 294 g/mol. The largest absolute Gasteiger partial charge is 0.383 e. The van der Waals surface area contributed by atoms with Gasteiger partial charge in [0.05, 0.1) is 18.0 Å². The second-order valence-electron chi connectivity index (χ2n) is 4.79. The summed E-state index contributed by atoms with van der Waals surface area (Å²) in [5.41, 5.74) is 0. The van der Waals surface area contributed by atoms with Crippen molar-refractivity contribution >= 4 is 33.3 Å². The number of methoxy groups -OCH3 is 1. The van der Waals surface area contributed by atoms with Gasteiger partial charge < -0.3 is 15.0 Å². The van der Waals surface area contributed by atoms with Crippen LogP contribution < -0.4 is 10.2 Å². The Kier molecular flexibility index (Phi) is 4.77. The molecule has 1 N–H and O–H groups in total. The molecule has 0 aromatic carbocycles. The van der Waals surface area contributed by atoms with Gasteiger partial charge in [0.25, 0.3) is 0 Å². The van der Waals surface area contributed by atoms with E-state index in [9.17, 15) is 0 Å². The first kappa shape index (κ1) is 15.0. The Balaban J connectivity index is 2.54. The van der Waals surface area contributed by atoms with Crippen LogP contribution in [0.25, 0.3) is 10.2 Å². The van der Waals surface area contributed by atoms with E-state index in [-0.39, 0.29) is 6.04 Å². The predicted molar refractivity (Wildman–Crippen MR) is 86.1 cm³/mol. The zero-order chi connectivity index (χ0) is 14.7. The number of nitrogens with zero attached hydrogens (tertiary/aromatic N) is 3. The second kappa shape index (κ2) is 6.37. The molecule has 0 bridgehead atoms. The smallest absolute Gasteiger partial charge is 0.225 e. The molecule has 2 aromatic heterocycles. The number of aryl methyl sites for hydroxylation is 1. The van der Waals surface area contributed by atoms with Crippen LogP contribution >= 0.6 is 11.3 Å². The number of fused-ring (bicyclic) bond motifs is 1. The zero-order valence-corrected chi connectivity index (χ0v) is 13.5. The van der Waals surface area contributed by atoms with Crippen molar-refractivity contribution in [3.8, 4) is 0 Å². The number of aromatic nitrogens is 2. The van der Waals surface area contributed by atoms with Crippen LogP contribution in [-0.2, 0) is 4.74 Å². The lowest BCUT2D eigenvalue weighted by molar-refractivity contribution is 0.182. The van der Waals surface area contributed by atoms with Crippen molar-refractivity contribution in [3.63, 3.8) is 0 Å². The quantitative estimate of drug-likeness (QED) is 0.887.